The molecule has 0 radical (unpaired) electrons. The minimum absolute atomic E-state index is 0.337. The molecule has 12 heavy (non-hydrogen) atoms. The van der Waals surface area contributed by atoms with Gasteiger partial charge in [-0.05, 0) is 26.2 Å². The maximum absolute atomic E-state index is 11.1. The van der Waals surface area contributed by atoms with Gasteiger partial charge in [-0.3, -0.25) is 4.79 Å². The van der Waals surface area contributed by atoms with Crippen LogP contribution in [0.3, 0.4) is 0 Å². The minimum atomic E-state index is 0.337. The number of carbonyl (C=O) groups excluding carboxylic acids is 1. The fourth-order valence-electron chi connectivity index (χ4n) is 1.34. The van der Waals surface area contributed by atoms with Crippen LogP contribution >= 0.6 is 0 Å². The second-order valence-electron chi connectivity index (χ2n) is 3.11. The molecule has 1 aliphatic carbocycles. The van der Waals surface area contributed by atoms with E-state index in [4.69, 9.17) is 0 Å². The average Bonchev–Trinajstić information content (AvgIpc) is 2.26. The summed E-state index contributed by atoms with van der Waals surface area (Å²) >= 11 is 0. The van der Waals surface area contributed by atoms with E-state index in [9.17, 15) is 4.79 Å². The fraction of sp³-hybridized carbons (Fsp3) is 0.778. The molecule has 0 heterocycles. The van der Waals surface area contributed by atoms with Crippen LogP contribution in [0.15, 0.2) is 5.10 Å². The number of rotatable bonds is 2. The van der Waals surface area contributed by atoms with Crippen LogP contribution in [0.5, 0.6) is 0 Å². The zero-order chi connectivity index (χ0) is 8.81. The van der Waals surface area contributed by atoms with E-state index in [0.29, 0.717) is 12.2 Å². The summed E-state index contributed by atoms with van der Waals surface area (Å²) in [6.45, 7) is 2.83. The van der Waals surface area contributed by atoms with Crippen molar-refractivity contribution in [2.45, 2.75) is 39.0 Å². The van der Waals surface area contributed by atoms with Crippen molar-refractivity contribution >= 4 is 11.5 Å². The van der Waals surface area contributed by atoms with Crippen LogP contribution in [-0.2, 0) is 4.79 Å². The van der Waals surface area contributed by atoms with E-state index in [0.717, 1.165) is 37.9 Å². The normalized spacial score (nSPS) is 22.4. The summed E-state index contributed by atoms with van der Waals surface area (Å²) in [4.78, 5) is 11.1. The zero-order valence-corrected chi connectivity index (χ0v) is 7.60. The Labute approximate surface area is 73.2 Å². The number of Topliss-reactive ketones (excluding diaryl/α,β-unsaturated/α-hetero) is 1. The molecule has 0 unspecified atom stereocenters. The summed E-state index contributed by atoms with van der Waals surface area (Å²) in [6.07, 6.45) is 4.43. The first kappa shape index (κ1) is 9.23. The molecule has 0 atom stereocenters. The molecular formula is C9H16N2O. The first-order valence-corrected chi connectivity index (χ1v) is 4.63. The molecule has 0 amide bonds. The second kappa shape index (κ2) is 4.91. The lowest BCUT2D eigenvalue weighted by molar-refractivity contribution is -0.117. The Bertz CT molecular complexity index is 187. The SMILES string of the molecule is CCN/N=C1/CCCCC(=O)C1. The Balaban J connectivity index is 2.45. The van der Waals surface area contributed by atoms with Crippen molar-refractivity contribution < 1.29 is 4.79 Å². The van der Waals surface area contributed by atoms with Crippen LogP contribution in [-0.4, -0.2) is 18.0 Å². The van der Waals surface area contributed by atoms with Gasteiger partial charge in [0, 0.05) is 25.1 Å². The predicted octanol–water partition coefficient (Wildman–Crippen LogP) is 1.49. The van der Waals surface area contributed by atoms with E-state index in [1.54, 1.807) is 0 Å². The van der Waals surface area contributed by atoms with E-state index in [-0.39, 0.29) is 0 Å². The van der Waals surface area contributed by atoms with E-state index in [2.05, 4.69) is 10.5 Å². The van der Waals surface area contributed by atoms with Crippen molar-refractivity contribution in [3.63, 3.8) is 0 Å². The molecule has 1 rings (SSSR count). The first-order valence-electron chi connectivity index (χ1n) is 4.63. The molecule has 68 valence electrons. The lowest BCUT2D eigenvalue weighted by atomic mass is 10.2. The van der Waals surface area contributed by atoms with Crippen LogP contribution in [0.2, 0.25) is 0 Å². The molecule has 0 bridgehead atoms. The second-order valence-corrected chi connectivity index (χ2v) is 3.11. The predicted molar refractivity (Wildman–Crippen MR) is 49.2 cm³/mol. The highest BCUT2D eigenvalue weighted by Crippen LogP contribution is 2.11. The molecule has 1 aliphatic rings. The van der Waals surface area contributed by atoms with Crippen LogP contribution in [0.1, 0.15) is 39.0 Å². The molecule has 3 heteroatoms. The van der Waals surface area contributed by atoms with E-state index < -0.39 is 0 Å². The first-order chi connectivity index (χ1) is 5.83. The highest BCUT2D eigenvalue weighted by atomic mass is 16.1. The number of hydrogen-bond acceptors (Lipinski definition) is 3. The zero-order valence-electron chi connectivity index (χ0n) is 7.60. The van der Waals surface area contributed by atoms with Crippen LogP contribution in [0.25, 0.3) is 0 Å². The third-order valence-corrected chi connectivity index (χ3v) is 1.97. The Morgan fingerprint density at radius 2 is 2.17 bits per heavy atom. The number of hydrogen-bond donors (Lipinski definition) is 1. The van der Waals surface area contributed by atoms with Gasteiger partial charge in [0.25, 0.3) is 0 Å². The summed E-state index contributed by atoms with van der Waals surface area (Å²) in [5.41, 5.74) is 3.93. The minimum Gasteiger partial charge on any atom is -0.310 e. The van der Waals surface area contributed by atoms with Gasteiger partial charge in [-0.25, -0.2) is 0 Å². The Morgan fingerprint density at radius 1 is 1.42 bits per heavy atom. The molecular weight excluding hydrogens is 152 g/mol. The number of nitrogens with zero attached hydrogens (tertiary/aromatic N) is 1. The van der Waals surface area contributed by atoms with Gasteiger partial charge in [0.2, 0.25) is 0 Å². The summed E-state index contributed by atoms with van der Waals surface area (Å²) < 4.78 is 0. The molecule has 1 N–H and O–H groups in total. The lowest BCUT2D eigenvalue weighted by Crippen LogP contribution is -2.11. The van der Waals surface area contributed by atoms with Gasteiger partial charge in [0.05, 0.1) is 0 Å². The Kier molecular flexibility index (Phi) is 3.77. The Hall–Kier alpha value is -0.860. The summed E-state index contributed by atoms with van der Waals surface area (Å²) in [7, 11) is 0. The summed E-state index contributed by atoms with van der Waals surface area (Å²) in [5, 5.41) is 4.16. The van der Waals surface area contributed by atoms with Crippen molar-refractivity contribution in [2.75, 3.05) is 6.54 Å². The van der Waals surface area contributed by atoms with Crippen molar-refractivity contribution in [2.24, 2.45) is 5.10 Å². The van der Waals surface area contributed by atoms with Gasteiger partial charge >= 0.3 is 0 Å². The maximum Gasteiger partial charge on any atom is 0.138 e. The Morgan fingerprint density at radius 3 is 2.92 bits per heavy atom. The largest absolute Gasteiger partial charge is 0.310 e. The third kappa shape index (κ3) is 3.03. The van der Waals surface area contributed by atoms with Crippen LogP contribution < -0.4 is 5.43 Å². The average molecular weight is 168 g/mol. The number of ketones is 1. The van der Waals surface area contributed by atoms with Gasteiger partial charge in [0.15, 0.2) is 0 Å². The van der Waals surface area contributed by atoms with Gasteiger partial charge in [-0.15, -0.1) is 0 Å². The highest BCUT2D eigenvalue weighted by Gasteiger charge is 2.12. The van der Waals surface area contributed by atoms with E-state index in [1.807, 2.05) is 6.92 Å². The number of nitrogens with one attached hydrogen (secondary N) is 1. The molecule has 1 saturated carbocycles. The molecule has 0 saturated heterocycles. The quantitative estimate of drug-likeness (QED) is 0.501. The van der Waals surface area contributed by atoms with Gasteiger partial charge in [-0.1, -0.05) is 0 Å². The molecule has 0 spiro atoms. The van der Waals surface area contributed by atoms with E-state index in [1.165, 1.54) is 0 Å². The molecule has 0 aromatic rings. The monoisotopic (exact) mass is 168 g/mol. The van der Waals surface area contributed by atoms with Crippen LogP contribution in [0.4, 0.5) is 0 Å². The number of hydrazone groups is 1. The van der Waals surface area contributed by atoms with Crippen molar-refractivity contribution in [1.29, 1.82) is 0 Å². The van der Waals surface area contributed by atoms with Crippen LogP contribution in [0, 0.1) is 0 Å². The fourth-order valence-corrected chi connectivity index (χ4v) is 1.34. The van der Waals surface area contributed by atoms with Gasteiger partial charge in [-0.2, -0.15) is 5.10 Å². The molecule has 0 aromatic heterocycles. The van der Waals surface area contributed by atoms with Crippen molar-refractivity contribution in [3.05, 3.63) is 0 Å². The summed E-state index contributed by atoms with van der Waals surface area (Å²) in [6, 6.07) is 0. The van der Waals surface area contributed by atoms with E-state index >= 15 is 0 Å². The molecule has 0 aromatic carbocycles. The molecule has 3 nitrogen and oxygen atoms in total. The highest BCUT2D eigenvalue weighted by molar-refractivity contribution is 6.02. The van der Waals surface area contributed by atoms with Gasteiger partial charge in [0.1, 0.15) is 5.78 Å². The third-order valence-electron chi connectivity index (χ3n) is 1.97. The maximum atomic E-state index is 11.1. The lowest BCUT2D eigenvalue weighted by Gasteiger charge is -2.00. The standard InChI is InChI=1S/C9H16N2O/c1-2-10-11-8-5-3-4-6-9(12)7-8/h10H,2-7H2,1H3/b11-8-. The molecule has 0 aliphatic heterocycles. The van der Waals surface area contributed by atoms with Gasteiger partial charge < -0.3 is 5.43 Å². The van der Waals surface area contributed by atoms with Crippen molar-refractivity contribution in [3.8, 4) is 0 Å². The number of carbonyl (C=O) groups is 1. The summed E-state index contributed by atoms with van der Waals surface area (Å²) in [5.74, 6) is 0.337. The smallest absolute Gasteiger partial charge is 0.138 e. The topological polar surface area (TPSA) is 41.5 Å². The molecule has 1 fully saturated rings. The van der Waals surface area contributed by atoms with Crippen molar-refractivity contribution in [1.82, 2.24) is 5.43 Å².